The molecule has 0 spiro atoms. The molecule has 5 heteroatoms. The van der Waals surface area contributed by atoms with E-state index in [2.05, 4.69) is 10.6 Å². The van der Waals surface area contributed by atoms with E-state index in [1.165, 1.54) is 0 Å². The van der Waals surface area contributed by atoms with Crippen LogP contribution in [0.1, 0.15) is 34.2 Å². The zero-order chi connectivity index (χ0) is 20.0. The molecule has 2 amide bonds. The minimum absolute atomic E-state index is 0.0605. The van der Waals surface area contributed by atoms with Gasteiger partial charge < -0.3 is 15.4 Å². The van der Waals surface area contributed by atoms with E-state index in [9.17, 15) is 9.59 Å². The van der Waals surface area contributed by atoms with Crippen LogP contribution in [0, 0.1) is 34.6 Å². The van der Waals surface area contributed by atoms with E-state index < -0.39 is 0 Å². The van der Waals surface area contributed by atoms with Crippen LogP contribution in [0.3, 0.4) is 0 Å². The first-order valence-corrected chi connectivity index (χ1v) is 9.10. The molecule has 0 bridgehead atoms. The number of amides is 2. The van der Waals surface area contributed by atoms with Gasteiger partial charge in [0.25, 0.3) is 0 Å². The number of carbonyl (C=O) groups excluding carboxylic acids is 2. The first kappa shape index (κ1) is 20.5. The number of benzene rings is 2. The topological polar surface area (TPSA) is 67.4 Å². The zero-order valence-electron chi connectivity index (χ0n) is 16.7. The zero-order valence-corrected chi connectivity index (χ0v) is 16.7. The van der Waals surface area contributed by atoms with Crippen molar-refractivity contribution in [1.82, 2.24) is 5.32 Å². The summed E-state index contributed by atoms with van der Waals surface area (Å²) in [6.45, 7) is 10.1. The Hall–Kier alpha value is -2.82. The molecule has 0 aromatic heterocycles. The molecule has 2 aromatic rings. The van der Waals surface area contributed by atoms with Crippen molar-refractivity contribution in [2.24, 2.45) is 0 Å². The molecule has 0 saturated heterocycles. The molecule has 0 saturated carbocycles. The van der Waals surface area contributed by atoms with Crippen molar-refractivity contribution in [1.29, 1.82) is 0 Å². The second-order valence-corrected chi connectivity index (χ2v) is 6.97. The van der Waals surface area contributed by atoms with Gasteiger partial charge in [-0.2, -0.15) is 0 Å². The number of nitrogens with one attached hydrogen (secondary N) is 2. The highest BCUT2D eigenvalue weighted by Gasteiger charge is 2.10. The molecule has 144 valence electrons. The fourth-order valence-electron chi connectivity index (χ4n) is 2.94. The summed E-state index contributed by atoms with van der Waals surface area (Å²) in [6, 6.07) is 10.00. The van der Waals surface area contributed by atoms with Crippen LogP contribution in [0.4, 0.5) is 5.69 Å². The van der Waals surface area contributed by atoms with Gasteiger partial charge >= 0.3 is 0 Å². The van der Waals surface area contributed by atoms with Crippen molar-refractivity contribution in [3.63, 3.8) is 0 Å². The van der Waals surface area contributed by atoms with E-state index in [1.54, 1.807) is 0 Å². The molecule has 0 unspecified atom stereocenters. The van der Waals surface area contributed by atoms with Crippen molar-refractivity contribution in [2.45, 2.75) is 41.0 Å². The molecular weight excluding hydrogens is 340 g/mol. The minimum Gasteiger partial charge on any atom is -0.493 e. The largest absolute Gasteiger partial charge is 0.493 e. The van der Waals surface area contributed by atoms with Crippen LogP contribution in [0.15, 0.2) is 30.3 Å². The predicted molar refractivity (Wildman–Crippen MR) is 108 cm³/mol. The van der Waals surface area contributed by atoms with E-state index in [-0.39, 0.29) is 31.4 Å². The van der Waals surface area contributed by atoms with E-state index >= 15 is 0 Å². The lowest BCUT2D eigenvalue weighted by Gasteiger charge is -2.13. The Morgan fingerprint density at radius 2 is 1.52 bits per heavy atom. The number of hydrogen-bond donors (Lipinski definition) is 2. The molecule has 0 radical (unpaired) electrons. The Kier molecular flexibility index (Phi) is 6.99. The van der Waals surface area contributed by atoms with Crippen LogP contribution in [-0.2, 0) is 9.59 Å². The highest BCUT2D eigenvalue weighted by atomic mass is 16.5. The Morgan fingerprint density at radius 1 is 0.852 bits per heavy atom. The van der Waals surface area contributed by atoms with Crippen LogP contribution in [0.25, 0.3) is 0 Å². The maximum Gasteiger partial charge on any atom is 0.243 e. The molecule has 27 heavy (non-hydrogen) atoms. The predicted octanol–water partition coefficient (Wildman–Crippen LogP) is 3.75. The fourth-order valence-corrected chi connectivity index (χ4v) is 2.94. The summed E-state index contributed by atoms with van der Waals surface area (Å²) in [4.78, 5) is 24.1. The average molecular weight is 368 g/mol. The third-order valence-corrected chi connectivity index (χ3v) is 4.32. The lowest BCUT2D eigenvalue weighted by atomic mass is 10.1. The Morgan fingerprint density at radius 3 is 2.19 bits per heavy atom. The van der Waals surface area contributed by atoms with Gasteiger partial charge in [0, 0.05) is 5.69 Å². The second-order valence-electron chi connectivity index (χ2n) is 6.97. The molecule has 0 heterocycles. The lowest BCUT2D eigenvalue weighted by molar-refractivity contribution is -0.124. The van der Waals surface area contributed by atoms with Gasteiger partial charge in [0.2, 0.25) is 11.8 Å². The highest BCUT2D eigenvalue weighted by molar-refractivity contribution is 5.95. The molecule has 2 aromatic carbocycles. The van der Waals surface area contributed by atoms with Crippen LogP contribution in [0.2, 0.25) is 0 Å². The lowest BCUT2D eigenvalue weighted by Crippen LogP contribution is -2.33. The first-order chi connectivity index (χ1) is 12.8. The maximum atomic E-state index is 12.1. The molecule has 0 atom stereocenters. The van der Waals surface area contributed by atoms with Crippen LogP contribution in [-0.4, -0.2) is 25.0 Å². The van der Waals surface area contributed by atoms with Gasteiger partial charge in [0.15, 0.2) is 0 Å². The summed E-state index contributed by atoms with van der Waals surface area (Å²) in [5, 5.41) is 5.51. The second kappa shape index (κ2) is 9.21. The number of ether oxygens (including phenoxy) is 1. The molecule has 0 aliphatic heterocycles. The number of hydrogen-bond acceptors (Lipinski definition) is 3. The van der Waals surface area contributed by atoms with Gasteiger partial charge in [-0.3, -0.25) is 9.59 Å². The van der Waals surface area contributed by atoms with E-state index in [1.807, 2.05) is 65.0 Å². The quantitative estimate of drug-likeness (QED) is 0.782. The Labute approximate surface area is 161 Å². The fraction of sp³-hybridized carbons (Fsp3) is 0.364. The Balaban J connectivity index is 1.77. The molecule has 2 rings (SSSR count). The summed E-state index contributed by atoms with van der Waals surface area (Å²) in [5.41, 5.74) is 6.11. The van der Waals surface area contributed by atoms with Crippen LogP contribution < -0.4 is 15.4 Å². The van der Waals surface area contributed by atoms with Crippen molar-refractivity contribution in [2.75, 3.05) is 18.5 Å². The molecule has 0 aliphatic rings. The Bertz CT molecular complexity index is 820. The van der Waals surface area contributed by atoms with Gasteiger partial charge in [-0.15, -0.1) is 0 Å². The van der Waals surface area contributed by atoms with Crippen molar-refractivity contribution in [3.05, 3.63) is 58.1 Å². The van der Waals surface area contributed by atoms with Gasteiger partial charge in [0.05, 0.1) is 19.6 Å². The number of rotatable bonds is 7. The van der Waals surface area contributed by atoms with Gasteiger partial charge in [-0.05, 0) is 62.9 Å². The summed E-state index contributed by atoms with van der Waals surface area (Å²) in [7, 11) is 0. The molecule has 0 fully saturated rings. The van der Waals surface area contributed by atoms with Gasteiger partial charge in [-0.1, -0.05) is 29.8 Å². The van der Waals surface area contributed by atoms with E-state index in [0.29, 0.717) is 0 Å². The van der Waals surface area contributed by atoms with Crippen molar-refractivity contribution in [3.8, 4) is 5.75 Å². The van der Waals surface area contributed by atoms with Gasteiger partial charge in [0.1, 0.15) is 5.75 Å². The van der Waals surface area contributed by atoms with E-state index in [0.717, 1.165) is 39.3 Å². The van der Waals surface area contributed by atoms with Crippen LogP contribution in [0.5, 0.6) is 5.75 Å². The number of aryl methyl sites for hydroxylation is 5. The molecular formula is C22H28N2O3. The SMILES string of the molecule is Cc1cc(C)c(NC(=O)CNC(=O)CCOc2cc(C)ccc2C)c(C)c1. The summed E-state index contributed by atoms with van der Waals surface area (Å²) < 4.78 is 5.67. The van der Waals surface area contributed by atoms with Crippen molar-refractivity contribution < 1.29 is 14.3 Å². The third kappa shape index (κ3) is 6.13. The normalized spacial score (nSPS) is 10.4. The summed E-state index contributed by atoms with van der Waals surface area (Å²) in [6.07, 6.45) is 0.198. The third-order valence-electron chi connectivity index (χ3n) is 4.32. The standard InChI is InChI=1S/C22H28N2O3/c1-14-6-7-16(3)19(12-14)27-9-8-20(25)23-13-21(26)24-22-17(4)10-15(2)11-18(22)5/h6-7,10-12H,8-9,13H2,1-5H3,(H,23,25)(H,24,26). The highest BCUT2D eigenvalue weighted by Crippen LogP contribution is 2.21. The van der Waals surface area contributed by atoms with Crippen LogP contribution >= 0.6 is 0 Å². The van der Waals surface area contributed by atoms with Gasteiger partial charge in [-0.25, -0.2) is 0 Å². The summed E-state index contributed by atoms with van der Waals surface area (Å²) >= 11 is 0. The molecule has 2 N–H and O–H groups in total. The summed E-state index contributed by atoms with van der Waals surface area (Å²) in [5.74, 6) is 0.326. The smallest absolute Gasteiger partial charge is 0.243 e. The number of anilines is 1. The monoisotopic (exact) mass is 368 g/mol. The average Bonchev–Trinajstić information content (AvgIpc) is 2.59. The van der Waals surface area contributed by atoms with E-state index in [4.69, 9.17) is 4.74 Å². The number of carbonyl (C=O) groups is 2. The minimum atomic E-state index is -0.242. The van der Waals surface area contributed by atoms with Crippen molar-refractivity contribution >= 4 is 17.5 Å². The molecule has 5 nitrogen and oxygen atoms in total. The maximum absolute atomic E-state index is 12.1. The molecule has 0 aliphatic carbocycles. The first-order valence-electron chi connectivity index (χ1n) is 9.10.